The maximum Gasteiger partial charge on any atom is 0.201 e. The van der Waals surface area contributed by atoms with Crippen molar-refractivity contribution in [3.8, 4) is 22.6 Å². The zero-order valence-corrected chi connectivity index (χ0v) is 15.1. The first kappa shape index (κ1) is 17.2. The van der Waals surface area contributed by atoms with Crippen LogP contribution < -0.4 is 5.43 Å². The van der Waals surface area contributed by atoms with E-state index in [9.17, 15) is 15.0 Å². The molecule has 0 saturated heterocycles. The molecular formula is C22H16O4S. The van der Waals surface area contributed by atoms with Gasteiger partial charge in [-0.05, 0) is 35.4 Å². The first-order chi connectivity index (χ1) is 13.1. The number of phenols is 2. The quantitative estimate of drug-likeness (QED) is 0.481. The molecule has 0 bridgehead atoms. The average molecular weight is 376 g/mol. The standard InChI is InChI=1S/C22H16O4S/c23-16-8-6-15(7-9-16)20-21(25)18-11-10-17(24)12-19(18)26-22(20)27-13-14-4-2-1-3-5-14/h1-12,23-24H,13H2. The summed E-state index contributed by atoms with van der Waals surface area (Å²) in [7, 11) is 0. The molecule has 3 aromatic carbocycles. The van der Waals surface area contributed by atoms with E-state index in [0.29, 0.717) is 32.9 Å². The molecule has 5 heteroatoms. The van der Waals surface area contributed by atoms with Gasteiger partial charge in [-0.15, -0.1) is 0 Å². The third-order valence-electron chi connectivity index (χ3n) is 4.21. The highest BCUT2D eigenvalue weighted by atomic mass is 32.2. The Balaban J connectivity index is 1.87. The van der Waals surface area contributed by atoms with Crippen LogP contribution in [0, 0.1) is 0 Å². The molecule has 134 valence electrons. The fourth-order valence-corrected chi connectivity index (χ4v) is 3.86. The van der Waals surface area contributed by atoms with E-state index in [1.165, 1.54) is 23.9 Å². The number of thioether (sulfide) groups is 1. The van der Waals surface area contributed by atoms with Crippen molar-refractivity contribution in [1.82, 2.24) is 0 Å². The molecule has 1 heterocycles. The largest absolute Gasteiger partial charge is 0.508 e. The summed E-state index contributed by atoms with van der Waals surface area (Å²) >= 11 is 1.42. The molecule has 4 nitrogen and oxygen atoms in total. The molecule has 1 aromatic heterocycles. The molecule has 4 rings (SSSR count). The van der Waals surface area contributed by atoms with Gasteiger partial charge in [0.25, 0.3) is 0 Å². The van der Waals surface area contributed by atoms with Gasteiger partial charge >= 0.3 is 0 Å². The van der Waals surface area contributed by atoms with Gasteiger partial charge in [-0.2, -0.15) is 0 Å². The van der Waals surface area contributed by atoms with Crippen LogP contribution in [0.25, 0.3) is 22.1 Å². The molecule has 0 aliphatic rings. The summed E-state index contributed by atoms with van der Waals surface area (Å²) in [5.41, 5.74) is 2.41. The summed E-state index contributed by atoms with van der Waals surface area (Å²) in [5, 5.41) is 20.2. The highest BCUT2D eigenvalue weighted by Gasteiger charge is 2.17. The van der Waals surface area contributed by atoms with Gasteiger partial charge in [0.15, 0.2) is 5.09 Å². The second kappa shape index (κ2) is 7.21. The van der Waals surface area contributed by atoms with E-state index in [2.05, 4.69) is 0 Å². The van der Waals surface area contributed by atoms with Crippen LogP contribution >= 0.6 is 11.8 Å². The van der Waals surface area contributed by atoms with E-state index in [-0.39, 0.29) is 16.9 Å². The first-order valence-corrected chi connectivity index (χ1v) is 9.36. The summed E-state index contributed by atoms with van der Waals surface area (Å²) in [5.74, 6) is 0.813. The van der Waals surface area contributed by atoms with Gasteiger partial charge in [-0.3, -0.25) is 4.79 Å². The fraction of sp³-hybridized carbons (Fsp3) is 0.0455. The number of hydrogen-bond acceptors (Lipinski definition) is 5. The third-order valence-corrected chi connectivity index (χ3v) is 5.24. The Kier molecular flexibility index (Phi) is 4.60. The minimum Gasteiger partial charge on any atom is -0.508 e. The SMILES string of the molecule is O=c1c(-c2ccc(O)cc2)c(SCc2ccccc2)oc2cc(O)ccc12. The van der Waals surface area contributed by atoms with Gasteiger partial charge in [0.1, 0.15) is 17.1 Å². The van der Waals surface area contributed by atoms with Crippen molar-refractivity contribution in [2.45, 2.75) is 10.8 Å². The lowest BCUT2D eigenvalue weighted by molar-refractivity contribution is 0.468. The smallest absolute Gasteiger partial charge is 0.201 e. The van der Waals surface area contributed by atoms with Gasteiger partial charge < -0.3 is 14.6 Å². The molecule has 0 unspecified atom stereocenters. The van der Waals surface area contributed by atoms with Crippen molar-refractivity contribution >= 4 is 22.7 Å². The molecule has 0 spiro atoms. The number of fused-ring (bicyclic) bond motifs is 1. The van der Waals surface area contributed by atoms with Crippen LogP contribution in [-0.4, -0.2) is 10.2 Å². The Morgan fingerprint density at radius 1 is 0.852 bits per heavy atom. The molecule has 0 aliphatic heterocycles. The van der Waals surface area contributed by atoms with E-state index in [1.807, 2.05) is 30.3 Å². The Morgan fingerprint density at radius 2 is 1.56 bits per heavy atom. The normalized spacial score (nSPS) is 11.0. The van der Waals surface area contributed by atoms with Gasteiger partial charge in [0.05, 0.1) is 10.9 Å². The zero-order chi connectivity index (χ0) is 18.8. The van der Waals surface area contributed by atoms with Gasteiger partial charge in [0, 0.05) is 11.8 Å². The number of aromatic hydroxyl groups is 2. The monoisotopic (exact) mass is 376 g/mol. The fourth-order valence-electron chi connectivity index (χ4n) is 2.86. The van der Waals surface area contributed by atoms with Crippen LogP contribution in [0.4, 0.5) is 0 Å². The van der Waals surface area contributed by atoms with Crippen LogP contribution in [0.5, 0.6) is 11.5 Å². The van der Waals surface area contributed by atoms with Crippen LogP contribution in [-0.2, 0) is 5.75 Å². The molecule has 0 atom stereocenters. The minimum atomic E-state index is -0.169. The topological polar surface area (TPSA) is 70.7 Å². The Bertz CT molecular complexity index is 1150. The van der Waals surface area contributed by atoms with Crippen LogP contribution in [0.2, 0.25) is 0 Å². The molecule has 2 N–H and O–H groups in total. The Labute approximate surface area is 159 Å². The van der Waals surface area contributed by atoms with E-state index in [4.69, 9.17) is 4.42 Å². The zero-order valence-electron chi connectivity index (χ0n) is 14.3. The third kappa shape index (κ3) is 3.55. The summed E-state index contributed by atoms with van der Waals surface area (Å²) in [6.45, 7) is 0. The van der Waals surface area contributed by atoms with Gasteiger partial charge in [0.2, 0.25) is 5.43 Å². The van der Waals surface area contributed by atoms with Crippen LogP contribution in [0.3, 0.4) is 0 Å². The van der Waals surface area contributed by atoms with Crippen molar-refractivity contribution in [1.29, 1.82) is 0 Å². The summed E-state index contributed by atoms with van der Waals surface area (Å²) < 4.78 is 6.00. The Morgan fingerprint density at radius 3 is 2.30 bits per heavy atom. The molecule has 0 saturated carbocycles. The second-order valence-corrected chi connectivity index (χ2v) is 7.04. The first-order valence-electron chi connectivity index (χ1n) is 8.38. The van der Waals surface area contributed by atoms with Crippen LogP contribution in [0.1, 0.15) is 5.56 Å². The van der Waals surface area contributed by atoms with Crippen molar-refractivity contribution in [3.05, 3.63) is 88.6 Å². The molecule has 27 heavy (non-hydrogen) atoms. The molecule has 0 radical (unpaired) electrons. The van der Waals surface area contributed by atoms with E-state index in [1.54, 1.807) is 30.3 Å². The average Bonchev–Trinajstić information content (AvgIpc) is 2.68. The summed E-state index contributed by atoms with van der Waals surface area (Å²) in [6.07, 6.45) is 0. The lowest BCUT2D eigenvalue weighted by Gasteiger charge is -2.10. The highest BCUT2D eigenvalue weighted by Crippen LogP contribution is 2.35. The van der Waals surface area contributed by atoms with Crippen molar-refractivity contribution < 1.29 is 14.6 Å². The Hall–Kier alpha value is -3.18. The molecule has 0 amide bonds. The molecule has 4 aromatic rings. The van der Waals surface area contributed by atoms with Crippen molar-refractivity contribution in [3.63, 3.8) is 0 Å². The number of hydrogen-bond donors (Lipinski definition) is 2. The van der Waals surface area contributed by atoms with Gasteiger partial charge in [-0.1, -0.05) is 54.2 Å². The van der Waals surface area contributed by atoms with E-state index < -0.39 is 0 Å². The predicted molar refractivity (Wildman–Crippen MR) is 107 cm³/mol. The van der Waals surface area contributed by atoms with Gasteiger partial charge in [-0.25, -0.2) is 0 Å². The predicted octanol–water partition coefficient (Wildman–Crippen LogP) is 5.16. The maximum absolute atomic E-state index is 13.1. The summed E-state index contributed by atoms with van der Waals surface area (Å²) in [4.78, 5) is 13.1. The van der Waals surface area contributed by atoms with Crippen LogP contribution in [0.15, 0.2) is 87.1 Å². The maximum atomic E-state index is 13.1. The van der Waals surface area contributed by atoms with E-state index >= 15 is 0 Å². The molecule has 0 fully saturated rings. The molecular weight excluding hydrogens is 360 g/mol. The summed E-state index contributed by atoms with van der Waals surface area (Å²) in [6, 6.07) is 20.9. The molecule has 0 aliphatic carbocycles. The number of rotatable bonds is 4. The van der Waals surface area contributed by atoms with E-state index in [0.717, 1.165) is 5.56 Å². The van der Waals surface area contributed by atoms with Crippen molar-refractivity contribution in [2.24, 2.45) is 0 Å². The second-order valence-electron chi connectivity index (χ2n) is 6.10. The number of phenolic OH excluding ortho intramolecular Hbond substituents is 2. The lowest BCUT2D eigenvalue weighted by atomic mass is 10.1. The van der Waals surface area contributed by atoms with Crippen molar-refractivity contribution in [2.75, 3.05) is 0 Å². The lowest BCUT2D eigenvalue weighted by Crippen LogP contribution is -2.07. The minimum absolute atomic E-state index is 0.0436. The number of benzene rings is 3. The highest BCUT2D eigenvalue weighted by molar-refractivity contribution is 7.98.